The molecule has 0 fully saturated rings. The van der Waals surface area contributed by atoms with E-state index in [1.807, 2.05) is 0 Å². The SMILES string of the molecule is CC(C)CCNCC(CN)C(C)C. The number of rotatable bonds is 7. The van der Waals surface area contributed by atoms with Gasteiger partial charge in [0.2, 0.25) is 0 Å². The van der Waals surface area contributed by atoms with Crippen LogP contribution in [0.4, 0.5) is 0 Å². The zero-order valence-corrected chi connectivity index (χ0v) is 9.64. The molecule has 0 bridgehead atoms. The van der Waals surface area contributed by atoms with Gasteiger partial charge in [-0.2, -0.15) is 0 Å². The molecule has 80 valence electrons. The van der Waals surface area contributed by atoms with E-state index in [9.17, 15) is 0 Å². The summed E-state index contributed by atoms with van der Waals surface area (Å²) < 4.78 is 0. The van der Waals surface area contributed by atoms with Crippen LogP contribution in [0.2, 0.25) is 0 Å². The summed E-state index contributed by atoms with van der Waals surface area (Å²) in [5.41, 5.74) is 5.68. The minimum atomic E-state index is 0.632. The molecule has 0 aromatic carbocycles. The van der Waals surface area contributed by atoms with Gasteiger partial charge in [-0.15, -0.1) is 0 Å². The van der Waals surface area contributed by atoms with Crippen LogP contribution in [0, 0.1) is 17.8 Å². The minimum absolute atomic E-state index is 0.632. The summed E-state index contributed by atoms with van der Waals surface area (Å²) in [6.07, 6.45) is 1.26. The van der Waals surface area contributed by atoms with E-state index in [1.54, 1.807) is 0 Å². The van der Waals surface area contributed by atoms with Gasteiger partial charge < -0.3 is 11.1 Å². The lowest BCUT2D eigenvalue weighted by atomic mass is 9.96. The Morgan fingerprint density at radius 1 is 1.15 bits per heavy atom. The van der Waals surface area contributed by atoms with E-state index in [0.717, 1.165) is 25.6 Å². The van der Waals surface area contributed by atoms with E-state index < -0.39 is 0 Å². The van der Waals surface area contributed by atoms with Gasteiger partial charge in [0.05, 0.1) is 0 Å². The van der Waals surface area contributed by atoms with Crippen molar-refractivity contribution >= 4 is 0 Å². The molecule has 0 amide bonds. The first kappa shape index (κ1) is 12.9. The van der Waals surface area contributed by atoms with Crippen LogP contribution in [-0.4, -0.2) is 19.6 Å². The van der Waals surface area contributed by atoms with Crippen molar-refractivity contribution in [2.75, 3.05) is 19.6 Å². The Labute approximate surface area is 83.3 Å². The van der Waals surface area contributed by atoms with Crippen molar-refractivity contribution in [3.05, 3.63) is 0 Å². The molecule has 3 N–H and O–H groups in total. The molecule has 0 spiro atoms. The summed E-state index contributed by atoms with van der Waals surface area (Å²) in [6.45, 7) is 12.0. The van der Waals surface area contributed by atoms with Gasteiger partial charge >= 0.3 is 0 Å². The first-order chi connectivity index (χ1) is 6.07. The number of hydrogen-bond acceptors (Lipinski definition) is 2. The fourth-order valence-electron chi connectivity index (χ4n) is 1.27. The minimum Gasteiger partial charge on any atom is -0.330 e. The van der Waals surface area contributed by atoms with Gasteiger partial charge in [0.25, 0.3) is 0 Å². The Hall–Kier alpha value is -0.0800. The van der Waals surface area contributed by atoms with Crippen LogP contribution in [-0.2, 0) is 0 Å². The fraction of sp³-hybridized carbons (Fsp3) is 1.00. The number of nitrogens with one attached hydrogen (secondary N) is 1. The molecule has 0 rings (SSSR count). The van der Waals surface area contributed by atoms with Gasteiger partial charge in [-0.25, -0.2) is 0 Å². The van der Waals surface area contributed by atoms with Gasteiger partial charge in [0.1, 0.15) is 0 Å². The van der Waals surface area contributed by atoms with Gasteiger partial charge in [-0.3, -0.25) is 0 Å². The second-order valence-electron chi connectivity index (χ2n) is 4.63. The predicted molar refractivity (Wildman–Crippen MR) is 59.7 cm³/mol. The maximum Gasteiger partial charge on any atom is -0.000600 e. The molecule has 0 aliphatic heterocycles. The lowest BCUT2D eigenvalue weighted by Gasteiger charge is -2.19. The van der Waals surface area contributed by atoms with Gasteiger partial charge in [0.15, 0.2) is 0 Å². The molecule has 0 aliphatic rings. The average Bonchev–Trinajstić information content (AvgIpc) is 2.03. The fourth-order valence-corrected chi connectivity index (χ4v) is 1.27. The van der Waals surface area contributed by atoms with Crippen molar-refractivity contribution in [1.82, 2.24) is 5.32 Å². The maximum atomic E-state index is 5.68. The van der Waals surface area contributed by atoms with Gasteiger partial charge in [0, 0.05) is 0 Å². The second-order valence-corrected chi connectivity index (χ2v) is 4.63. The highest BCUT2D eigenvalue weighted by Gasteiger charge is 2.09. The molecule has 2 heteroatoms. The van der Waals surface area contributed by atoms with Crippen molar-refractivity contribution in [3.8, 4) is 0 Å². The quantitative estimate of drug-likeness (QED) is 0.596. The van der Waals surface area contributed by atoms with Crippen LogP contribution >= 0.6 is 0 Å². The molecule has 2 nitrogen and oxygen atoms in total. The Balaban J connectivity index is 3.39. The van der Waals surface area contributed by atoms with E-state index >= 15 is 0 Å². The van der Waals surface area contributed by atoms with Crippen LogP contribution in [0.15, 0.2) is 0 Å². The molecular formula is C11H26N2. The maximum absolute atomic E-state index is 5.68. The lowest BCUT2D eigenvalue weighted by molar-refractivity contribution is 0.366. The molecule has 0 radical (unpaired) electrons. The second kappa shape index (κ2) is 7.34. The van der Waals surface area contributed by atoms with E-state index in [4.69, 9.17) is 5.73 Å². The summed E-state index contributed by atoms with van der Waals surface area (Å²) in [5.74, 6) is 2.12. The Bertz CT molecular complexity index is 111. The zero-order valence-electron chi connectivity index (χ0n) is 9.64. The first-order valence-electron chi connectivity index (χ1n) is 5.48. The Morgan fingerprint density at radius 2 is 1.77 bits per heavy atom. The third-order valence-electron chi connectivity index (χ3n) is 2.55. The van der Waals surface area contributed by atoms with Crippen molar-refractivity contribution in [1.29, 1.82) is 0 Å². The standard InChI is InChI=1S/C11H26N2/c1-9(2)5-6-13-8-11(7-12)10(3)4/h9-11,13H,5-8,12H2,1-4H3. The van der Waals surface area contributed by atoms with Crippen LogP contribution in [0.1, 0.15) is 34.1 Å². The van der Waals surface area contributed by atoms with Crippen LogP contribution < -0.4 is 11.1 Å². The highest BCUT2D eigenvalue weighted by Crippen LogP contribution is 2.07. The lowest BCUT2D eigenvalue weighted by Crippen LogP contribution is -2.32. The highest BCUT2D eigenvalue weighted by molar-refractivity contribution is 4.66. The summed E-state index contributed by atoms with van der Waals surface area (Å²) in [6, 6.07) is 0. The average molecular weight is 186 g/mol. The van der Waals surface area contributed by atoms with Crippen molar-refractivity contribution in [2.45, 2.75) is 34.1 Å². The first-order valence-corrected chi connectivity index (χ1v) is 5.48. The third kappa shape index (κ3) is 7.03. The smallest absolute Gasteiger partial charge is 0.000600 e. The zero-order chi connectivity index (χ0) is 10.3. The van der Waals surface area contributed by atoms with E-state index in [0.29, 0.717) is 11.8 Å². The molecule has 0 aliphatic carbocycles. The Morgan fingerprint density at radius 3 is 2.15 bits per heavy atom. The van der Waals surface area contributed by atoms with E-state index in [2.05, 4.69) is 33.0 Å². The van der Waals surface area contributed by atoms with Gasteiger partial charge in [-0.1, -0.05) is 27.7 Å². The van der Waals surface area contributed by atoms with Crippen molar-refractivity contribution in [2.24, 2.45) is 23.5 Å². The number of nitrogens with two attached hydrogens (primary N) is 1. The molecule has 0 saturated carbocycles. The van der Waals surface area contributed by atoms with Crippen molar-refractivity contribution in [3.63, 3.8) is 0 Å². The van der Waals surface area contributed by atoms with Crippen molar-refractivity contribution < 1.29 is 0 Å². The largest absolute Gasteiger partial charge is 0.330 e. The van der Waals surface area contributed by atoms with Gasteiger partial charge in [-0.05, 0) is 43.8 Å². The highest BCUT2D eigenvalue weighted by atomic mass is 14.9. The Kier molecular flexibility index (Phi) is 7.29. The molecule has 0 saturated heterocycles. The molecular weight excluding hydrogens is 160 g/mol. The molecule has 1 unspecified atom stereocenters. The summed E-state index contributed by atoms with van der Waals surface area (Å²) in [5, 5.41) is 3.47. The van der Waals surface area contributed by atoms with E-state index in [1.165, 1.54) is 6.42 Å². The van der Waals surface area contributed by atoms with Crippen LogP contribution in [0.25, 0.3) is 0 Å². The topological polar surface area (TPSA) is 38.0 Å². The molecule has 0 heterocycles. The van der Waals surface area contributed by atoms with E-state index in [-0.39, 0.29) is 0 Å². The normalized spacial score (nSPS) is 14.1. The monoisotopic (exact) mass is 186 g/mol. The molecule has 0 aromatic rings. The summed E-state index contributed by atoms with van der Waals surface area (Å²) in [7, 11) is 0. The van der Waals surface area contributed by atoms with Crippen LogP contribution in [0.3, 0.4) is 0 Å². The molecule has 13 heavy (non-hydrogen) atoms. The number of hydrogen-bond donors (Lipinski definition) is 2. The van der Waals surface area contributed by atoms with Crippen LogP contribution in [0.5, 0.6) is 0 Å². The third-order valence-corrected chi connectivity index (χ3v) is 2.55. The summed E-state index contributed by atoms with van der Waals surface area (Å²) >= 11 is 0. The molecule has 0 aromatic heterocycles. The predicted octanol–water partition coefficient (Wildman–Crippen LogP) is 1.85. The summed E-state index contributed by atoms with van der Waals surface area (Å²) in [4.78, 5) is 0. The molecule has 1 atom stereocenters.